The van der Waals surface area contributed by atoms with Crippen LogP contribution in [0.25, 0.3) is 0 Å². The van der Waals surface area contributed by atoms with Gasteiger partial charge in [0.2, 0.25) is 0 Å². The average molecular weight is 252 g/mol. The van der Waals surface area contributed by atoms with E-state index in [0.29, 0.717) is 12.1 Å². The zero-order valence-corrected chi connectivity index (χ0v) is 12.2. The number of rotatable bonds is 4. The van der Waals surface area contributed by atoms with Crippen LogP contribution < -0.4 is 5.32 Å². The highest BCUT2D eigenvalue weighted by atomic mass is 32.1. The minimum absolute atomic E-state index is 0.580. The largest absolute Gasteiger partial charge is 0.310 e. The van der Waals surface area contributed by atoms with Crippen molar-refractivity contribution in [1.82, 2.24) is 10.2 Å². The van der Waals surface area contributed by atoms with Crippen molar-refractivity contribution in [1.29, 1.82) is 0 Å². The molecule has 0 radical (unpaired) electrons. The Labute approximate surface area is 109 Å². The van der Waals surface area contributed by atoms with Crippen LogP contribution in [0.1, 0.15) is 30.0 Å². The van der Waals surface area contributed by atoms with Crippen LogP contribution in [0.2, 0.25) is 0 Å². The van der Waals surface area contributed by atoms with Crippen molar-refractivity contribution < 1.29 is 0 Å². The van der Waals surface area contributed by atoms with E-state index >= 15 is 0 Å². The van der Waals surface area contributed by atoms with Gasteiger partial charge in [0.25, 0.3) is 0 Å². The highest BCUT2D eigenvalue weighted by Gasteiger charge is 2.26. The van der Waals surface area contributed by atoms with Crippen LogP contribution in [0, 0.1) is 6.92 Å². The third-order valence-electron chi connectivity index (χ3n) is 3.71. The molecule has 1 aliphatic rings. The van der Waals surface area contributed by atoms with E-state index < -0.39 is 0 Å². The Bertz CT molecular complexity index is 351. The van der Waals surface area contributed by atoms with E-state index in [9.17, 15) is 0 Å². The molecule has 3 heteroatoms. The number of nitrogens with zero attached hydrogens (tertiary/aromatic N) is 1. The molecule has 0 amide bonds. The number of likely N-dealkylation sites (N-methyl/N-ethyl adjacent to an activating group) is 1. The lowest BCUT2D eigenvalue weighted by atomic mass is 10.1. The maximum atomic E-state index is 3.76. The van der Waals surface area contributed by atoms with E-state index in [1.165, 1.54) is 22.7 Å². The van der Waals surface area contributed by atoms with Crippen LogP contribution in [0.4, 0.5) is 0 Å². The molecule has 1 saturated heterocycles. The minimum atomic E-state index is 0.580. The Hall–Kier alpha value is -0.380. The maximum Gasteiger partial charge on any atom is 0.0212 e. The molecule has 0 saturated carbocycles. The predicted octanol–water partition coefficient (Wildman–Crippen LogP) is 2.67. The van der Waals surface area contributed by atoms with Gasteiger partial charge in [0.1, 0.15) is 0 Å². The van der Waals surface area contributed by atoms with Crippen molar-refractivity contribution in [2.75, 3.05) is 13.6 Å². The SMILES string of the molecule is Cc1ccc(CC(C)NC2CC(C)N(C)C2)s1. The topological polar surface area (TPSA) is 15.3 Å². The van der Waals surface area contributed by atoms with E-state index in [0.717, 1.165) is 12.5 Å². The summed E-state index contributed by atoms with van der Waals surface area (Å²) in [6.07, 6.45) is 2.44. The number of hydrogen-bond acceptors (Lipinski definition) is 3. The van der Waals surface area contributed by atoms with Gasteiger partial charge in [0.05, 0.1) is 0 Å². The van der Waals surface area contributed by atoms with Crippen LogP contribution in [0.3, 0.4) is 0 Å². The molecule has 1 fully saturated rings. The second kappa shape index (κ2) is 5.51. The molecule has 96 valence electrons. The molecule has 2 heterocycles. The van der Waals surface area contributed by atoms with Gasteiger partial charge >= 0.3 is 0 Å². The molecule has 3 unspecified atom stereocenters. The molecule has 2 rings (SSSR count). The van der Waals surface area contributed by atoms with E-state index in [2.05, 4.69) is 50.2 Å². The standard InChI is InChI=1S/C14H24N2S/c1-10(7-14-6-5-12(3)17-14)15-13-8-11(2)16(4)9-13/h5-6,10-11,13,15H,7-9H2,1-4H3. The van der Waals surface area contributed by atoms with E-state index in [1.54, 1.807) is 0 Å². The first-order valence-electron chi connectivity index (χ1n) is 6.56. The molecule has 17 heavy (non-hydrogen) atoms. The van der Waals surface area contributed by atoms with Crippen LogP contribution >= 0.6 is 11.3 Å². The van der Waals surface area contributed by atoms with Gasteiger partial charge in [-0.05, 0) is 52.8 Å². The van der Waals surface area contributed by atoms with Crippen LogP contribution in [0.15, 0.2) is 12.1 Å². The van der Waals surface area contributed by atoms with Gasteiger partial charge in [-0.2, -0.15) is 0 Å². The molecular weight excluding hydrogens is 228 g/mol. The highest BCUT2D eigenvalue weighted by Crippen LogP contribution is 2.19. The summed E-state index contributed by atoms with van der Waals surface area (Å²) in [6.45, 7) is 7.99. The summed E-state index contributed by atoms with van der Waals surface area (Å²) in [7, 11) is 2.22. The van der Waals surface area contributed by atoms with Crippen molar-refractivity contribution in [3.8, 4) is 0 Å². The van der Waals surface area contributed by atoms with E-state index in [-0.39, 0.29) is 0 Å². The fraction of sp³-hybridized carbons (Fsp3) is 0.714. The third kappa shape index (κ3) is 3.54. The smallest absolute Gasteiger partial charge is 0.0212 e. The summed E-state index contributed by atoms with van der Waals surface area (Å²) in [6, 6.07) is 6.46. The maximum absolute atomic E-state index is 3.76. The van der Waals surface area contributed by atoms with Crippen molar-refractivity contribution in [3.05, 3.63) is 21.9 Å². The Morgan fingerprint density at radius 3 is 2.82 bits per heavy atom. The Morgan fingerprint density at radius 1 is 1.53 bits per heavy atom. The van der Waals surface area contributed by atoms with Crippen molar-refractivity contribution in [2.45, 2.75) is 51.7 Å². The lowest BCUT2D eigenvalue weighted by Gasteiger charge is -2.18. The predicted molar refractivity (Wildman–Crippen MR) is 75.9 cm³/mol. The number of hydrogen-bond donors (Lipinski definition) is 1. The lowest BCUT2D eigenvalue weighted by Crippen LogP contribution is -2.39. The van der Waals surface area contributed by atoms with Gasteiger partial charge in [-0.15, -0.1) is 11.3 Å². The van der Waals surface area contributed by atoms with Gasteiger partial charge in [-0.25, -0.2) is 0 Å². The molecule has 1 aromatic rings. The first-order valence-corrected chi connectivity index (χ1v) is 7.38. The third-order valence-corrected chi connectivity index (χ3v) is 4.73. The van der Waals surface area contributed by atoms with Gasteiger partial charge in [0.15, 0.2) is 0 Å². The second-order valence-electron chi connectivity index (χ2n) is 5.51. The normalized spacial score (nSPS) is 27.5. The fourth-order valence-electron chi connectivity index (χ4n) is 2.67. The Morgan fingerprint density at radius 2 is 2.29 bits per heavy atom. The van der Waals surface area contributed by atoms with Crippen LogP contribution in [0.5, 0.6) is 0 Å². The summed E-state index contributed by atoms with van der Waals surface area (Å²) in [5.41, 5.74) is 0. The quantitative estimate of drug-likeness (QED) is 0.886. The zero-order valence-electron chi connectivity index (χ0n) is 11.4. The highest BCUT2D eigenvalue weighted by molar-refractivity contribution is 7.11. The van der Waals surface area contributed by atoms with Gasteiger partial charge in [-0.1, -0.05) is 0 Å². The number of likely N-dealkylation sites (tertiary alicyclic amines) is 1. The summed E-state index contributed by atoms with van der Waals surface area (Å²) < 4.78 is 0. The molecule has 0 aromatic carbocycles. The molecule has 2 nitrogen and oxygen atoms in total. The van der Waals surface area contributed by atoms with Crippen LogP contribution in [-0.2, 0) is 6.42 Å². The number of nitrogens with one attached hydrogen (secondary N) is 1. The fourth-order valence-corrected chi connectivity index (χ4v) is 3.69. The molecule has 0 aliphatic carbocycles. The molecule has 0 spiro atoms. The molecule has 1 N–H and O–H groups in total. The first kappa shape index (κ1) is 13.1. The number of aryl methyl sites for hydroxylation is 1. The van der Waals surface area contributed by atoms with Crippen molar-refractivity contribution in [3.63, 3.8) is 0 Å². The Balaban J connectivity index is 1.80. The molecule has 3 atom stereocenters. The monoisotopic (exact) mass is 252 g/mol. The zero-order chi connectivity index (χ0) is 12.4. The lowest BCUT2D eigenvalue weighted by molar-refractivity contribution is 0.325. The van der Waals surface area contributed by atoms with E-state index in [4.69, 9.17) is 0 Å². The molecule has 1 aliphatic heterocycles. The van der Waals surface area contributed by atoms with E-state index in [1.807, 2.05) is 11.3 Å². The van der Waals surface area contributed by atoms with Crippen molar-refractivity contribution in [2.24, 2.45) is 0 Å². The first-order chi connectivity index (χ1) is 8.04. The summed E-state index contributed by atoms with van der Waals surface area (Å²) in [5, 5.41) is 3.76. The van der Waals surface area contributed by atoms with Crippen LogP contribution in [-0.4, -0.2) is 36.6 Å². The average Bonchev–Trinajstić information content (AvgIpc) is 2.75. The molecule has 1 aromatic heterocycles. The van der Waals surface area contributed by atoms with Gasteiger partial charge < -0.3 is 10.2 Å². The summed E-state index contributed by atoms with van der Waals surface area (Å²) >= 11 is 1.92. The number of thiophene rings is 1. The molecular formula is C14H24N2S. The van der Waals surface area contributed by atoms with Crippen molar-refractivity contribution >= 4 is 11.3 Å². The van der Waals surface area contributed by atoms with Gasteiger partial charge in [0, 0.05) is 34.4 Å². The molecule has 0 bridgehead atoms. The van der Waals surface area contributed by atoms with Gasteiger partial charge in [-0.3, -0.25) is 0 Å². The summed E-state index contributed by atoms with van der Waals surface area (Å²) in [4.78, 5) is 5.36. The summed E-state index contributed by atoms with van der Waals surface area (Å²) in [5.74, 6) is 0. The minimum Gasteiger partial charge on any atom is -0.310 e. The second-order valence-corrected chi connectivity index (χ2v) is 6.88. The Kier molecular flexibility index (Phi) is 4.23.